The van der Waals surface area contributed by atoms with Crippen molar-refractivity contribution in [3.05, 3.63) is 59.4 Å². The molecule has 2 heterocycles. The van der Waals surface area contributed by atoms with Gasteiger partial charge in [0.2, 0.25) is 5.65 Å². The summed E-state index contributed by atoms with van der Waals surface area (Å²) in [4.78, 5) is 4.69. The van der Waals surface area contributed by atoms with E-state index in [1.54, 1.807) is 0 Å². The van der Waals surface area contributed by atoms with Crippen molar-refractivity contribution in [2.75, 3.05) is 5.32 Å². The summed E-state index contributed by atoms with van der Waals surface area (Å²) < 4.78 is 2.01. The van der Waals surface area contributed by atoms with Crippen LogP contribution in [0.5, 0.6) is 0 Å². The molecular formula is C17H14ClN5. The van der Waals surface area contributed by atoms with Crippen molar-refractivity contribution >= 4 is 39.8 Å². The number of benzene rings is 2. The van der Waals surface area contributed by atoms with Gasteiger partial charge >= 0.3 is 0 Å². The Hall–Kier alpha value is -2.66. The van der Waals surface area contributed by atoms with E-state index in [1.165, 1.54) is 0 Å². The molecule has 4 rings (SSSR count). The average molecular weight is 324 g/mol. The van der Waals surface area contributed by atoms with E-state index < -0.39 is 0 Å². The first-order valence-corrected chi connectivity index (χ1v) is 7.79. The third kappa shape index (κ3) is 2.39. The van der Waals surface area contributed by atoms with Gasteiger partial charge in [0, 0.05) is 17.1 Å². The number of rotatable bonds is 3. The zero-order chi connectivity index (χ0) is 15.8. The number of anilines is 2. The highest BCUT2D eigenvalue weighted by molar-refractivity contribution is 6.31. The van der Waals surface area contributed by atoms with Crippen molar-refractivity contribution in [1.82, 2.24) is 19.6 Å². The van der Waals surface area contributed by atoms with Crippen LogP contribution in [0.3, 0.4) is 0 Å². The number of halogens is 1. The molecule has 0 saturated heterocycles. The van der Waals surface area contributed by atoms with Crippen LogP contribution in [0, 0.1) is 0 Å². The Morgan fingerprint density at radius 2 is 1.91 bits per heavy atom. The molecule has 1 N–H and O–H groups in total. The van der Waals surface area contributed by atoms with E-state index in [0.29, 0.717) is 16.5 Å². The predicted octanol–water partition coefficient (Wildman–Crippen LogP) is 4.24. The first-order valence-electron chi connectivity index (χ1n) is 7.41. The zero-order valence-electron chi connectivity index (χ0n) is 12.5. The number of nitrogens with zero attached hydrogens (tertiary/aromatic N) is 4. The monoisotopic (exact) mass is 323 g/mol. The summed E-state index contributed by atoms with van der Waals surface area (Å²) in [6.45, 7) is 2.05. The lowest BCUT2D eigenvalue weighted by Gasteiger charge is -2.10. The molecule has 2 aromatic heterocycles. The quantitative estimate of drug-likeness (QED) is 0.613. The number of aromatic nitrogens is 4. The molecule has 114 valence electrons. The van der Waals surface area contributed by atoms with Crippen molar-refractivity contribution in [3.8, 4) is 0 Å². The summed E-state index contributed by atoms with van der Waals surface area (Å²) >= 11 is 6.15. The van der Waals surface area contributed by atoms with E-state index in [9.17, 15) is 0 Å². The number of hydrogen-bond donors (Lipinski definition) is 1. The smallest absolute Gasteiger partial charge is 0.204 e. The fourth-order valence-electron chi connectivity index (χ4n) is 2.63. The molecule has 5 nitrogen and oxygen atoms in total. The second-order valence-electron chi connectivity index (χ2n) is 5.21. The van der Waals surface area contributed by atoms with Crippen LogP contribution in [0.25, 0.3) is 16.7 Å². The Bertz CT molecular complexity index is 994. The van der Waals surface area contributed by atoms with Crippen molar-refractivity contribution in [3.63, 3.8) is 0 Å². The van der Waals surface area contributed by atoms with Crippen LogP contribution >= 0.6 is 11.6 Å². The van der Waals surface area contributed by atoms with Gasteiger partial charge in [-0.05, 0) is 30.3 Å². The van der Waals surface area contributed by atoms with Crippen LogP contribution in [0.1, 0.15) is 12.7 Å². The van der Waals surface area contributed by atoms with Gasteiger partial charge in [0.1, 0.15) is 5.82 Å². The van der Waals surface area contributed by atoms with Gasteiger partial charge in [-0.2, -0.15) is 0 Å². The first kappa shape index (κ1) is 14.0. The molecule has 4 aromatic rings. The van der Waals surface area contributed by atoms with Gasteiger partial charge < -0.3 is 5.32 Å². The van der Waals surface area contributed by atoms with E-state index >= 15 is 0 Å². The largest absolute Gasteiger partial charge is 0.337 e. The summed E-state index contributed by atoms with van der Waals surface area (Å²) in [5.74, 6) is 1.56. The Balaban J connectivity index is 2.00. The molecule has 0 amide bonds. The predicted molar refractivity (Wildman–Crippen MR) is 92.4 cm³/mol. The molecule has 2 aromatic carbocycles. The van der Waals surface area contributed by atoms with Gasteiger partial charge in [0.25, 0.3) is 0 Å². The number of aryl methyl sites for hydroxylation is 1. The van der Waals surface area contributed by atoms with E-state index in [-0.39, 0.29) is 0 Å². The maximum Gasteiger partial charge on any atom is 0.204 e. The lowest BCUT2D eigenvalue weighted by Crippen LogP contribution is -2.02. The third-order valence-electron chi connectivity index (χ3n) is 3.71. The second kappa shape index (κ2) is 5.52. The highest BCUT2D eigenvalue weighted by atomic mass is 35.5. The number of nitrogens with one attached hydrogen (secondary N) is 1. The van der Waals surface area contributed by atoms with E-state index in [0.717, 1.165) is 29.0 Å². The maximum atomic E-state index is 6.15. The van der Waals surface area contributed by atoms with Gasteiger partial charge in [0.15, 0.2) is 5.82 Å². The van der Waals surface area contributed by atoms with Crippen LogP contribution < -0.4 is 5.32 Å². The SMILES string of the molecule is CCc1nnc2c(Nc3ccccc3)nc3ccc(Cl)cc3n12. The highest BCUT2D eigenvalue weighted by Gasteiger charge is 2.14. The summed E-state index contributed by atoms with van der Waals surface area (Å²) in [7, 11) is 0. The topological polar surface area (TPSA) is 55.1 Å². The summed E-state index contributed by atoms with van der Waals surface area (Å²) in [6.07, 6.45) is 0.775. The van der Waals surface area contributed by atoms with Gasteiger partial charge in [-0.3, -0.25) is 4.40 Å². The van der Waals surface area contributed by atoms with E-state index in [4.69, 9.17) is 16.6 Å². The number of fused-ring (bicyclic) bond motifs is 3. The molecule has 0 spiro atoms. The summed E-state index contributed by atoms with van der Waals surface area (Å²) in [6, 6.07) is 15.5. The molecule has 0 atom stereocenters. The molecule has 23 heavy (non-hydrogen) atoms. The fourth-order valence-corrected chi connectivity index (χ4v) is 2.80. The van der Waals surface area contributed by atoms with Crippen LogP contribution in [0.2, 0.25) is 5.02 Å². The number of para-hydroxylation sites is 1. The minimum atomic E-state index is 0.667. The van der Waals surface area contributed by atoms with Gasteiger partial charge in [-0.25, -0.2) is 4.98 Å². The Morgan fingerprint density at radius 3 is 2.70 bits per heavy atom. The lowest BCUT2D eigenvalue weighted by molar-refractivity contribution is 0.922. The molecule has 0 aliphatic carbocycles. The standard InChI is InChI=1S/C17H14ClN5/c1-2-15-21-22-17-16(19-12-6-4-3-5-7-12)20-13-9-8-11(18)10-14(13)23(15)17/h3-10H,2H2,1H3,(H,19,20). The minimum absolute atomic E-state index is 0.667. The van der Waals surface area contributed by atoms with Crippen molar-refractivity contribution in [2.45, 2.75) is 13.3 Å². The second-order valence-corrected chi connectivity index (χ2v) is 5.65. The van der Waals surface area contributed by atoms with Crippen LogP contribution in [0.4, 0.5) is 11.5 Å². The molecule has 0 aliphatic heterocycles. The van der Waals surface area contributed by atoms with Gasteiger partial charge in [-0.15, -0.1) is 10.2 Å². The molecular weight excluding hydrogens is 310 g/mol. The molecule has 0 aliphatic rings. The van der Waals surface area contributed by atoms with Crippen LogP contribution in [0.15, 0.2) is 48.5 Å². The van der Waals surface area contributed by atoms with E-state index in [2.05, 4.69) is 22.4 Å². The third-order valence-corrected chi connectivity index (χ3v) is 3.94. The summed E-state index contributed by atoms with van der Waals surface area (Å²) in [5.41, 5.74) is 3.40. The minimum Gasteiger partial charge on any atom is -0.337 e. The molecule has 6 heteroatoms. The van der Waals surface area contributed by atoms with Crippen molar-refractivity contribution in [1.29, 1.82) is 0 Å². The Kier molecular flexibility index (Phi) is 3.35. The maximum absolute atomic E-state index is 6.15. The lowest BCUT2D eigenvalue weighted by atomic mass is 10.2. The highest BCUT2D eigenvalue weighted by Crippen LogP contribution is 2.26. The van der Waals surface area contributed by atoms with Crippen LogP contribution in [-0.4, -0.2) is 19.6 Å². The first-order chi connectivity index (χ1) is 11.3. The van der Waals surface area contributed by atoms with E-state index in [1.807, 2.05) is 52.9 Å². The fraction of sp³-hybridized carbons (Fsp3) is 0.118. The molecule has 0 unspecified atom stereocenters. The molecule has 0 fully saturated rings. The van der Waals surface area contributed by atoms with Gasteiger partial charge in [0.05, 0.1) is 11.0 Å². The molecule has 0 bridgehead atoms. The van der Waals surface area contributed by atoms with Crippen molar-refractivity contribution in [2.24, 2.45) is 0 Å². The molecule has 0 radical (unpaired) electrons. The Labute approximate surface area is 137 Å². The average Bonchev–Trinajstić information content (AvgIpc) is 3.01. The zero-order valence-corrected chi connectivity index (χ0v) is 13.2. The normalized spacial score (nSPS) is 11.2. The van der Waals surface area contributed by atoms with Crippen LogP contribution in [-0.2, 0) is 6.42 Å². The molecule has 0 saturated carbocycles. The van der Waals surface area contributed by atoms with Crippen molar-refractivity contribution < 1.29 is 0 Å². The van der Waals surface area contributed by atoms with Gasteiger partial charge in [-0.1, -0.05) is 36.7 Å². The number of hydrogen-bond acceptors (Lipinski definition) is 4. The Morgan fingerprint density at radius 1 is 1.09 bits per heavy atom. The summed E-state index contributed by atoms with van der Waals surface area (Å²) in [5, 5.41) is 12.6.